The van der Waals surface area contributed by atoms with Gasteiger partial charge >= 0.3 is 0 Å². The summed E-state index contributed by atoms with van der Waals surface area (Å²) in [6.07, 6.45) is 2.62. The van der Waals surface area contributed by atoms with Crippen LogP contribution < -0.4 is 5.32 Å². The molecule has 19 heavy (non-hydrogen) atoms. The van der Waals surface area contributed by atoms with Gasteiger partial charge in [0.15, 0.2) is 5.13 Å². The highest BCUT2D eigenvalue weighted by Crippen LogP contribution is 2.28. The molecule has 1 saturated heterocycles. The molecule has 1 aliphatic heterocycles. The molecule has 0 aliphatic carbocycles. The monoisotopic (exact) mass is 295 g/mol. The highest BCUT2D eigenvalue weighted by Gasteiger charge is 2.17. The fourth-order valence-electron chi connectivity index (χ4n) is 2.65. The maximum atomic E-state index is 6.00. The molecule has 0 bridgehead atoms. The van der Waals surface area contributed by atoms with Crippen LogP contribution in [0.1, 0.15) is 12.8 Å². The Bertz CT molecular complexity index is 569. The van der Waals surface area contributed by atoms with Crippen molar-refractivity contribution in [1.29, 1.82) is 0 Å². The summed E-state index contributed by atoms with van der Waals surface area (Å²) in [6.45, 7) is 3.43. The zero-order chi connectivity index (χ0) is 13.2. The first kappa shape index (κ1) is 13.2. The van der Waals surface area contributed by atoms with Gasteiger partial charge in [0, 0.05) is 18.1 Å². The lowest BCUT2D eigenvalue weighted by molar-refractivity contribution is 0.217. The van der Waals surface area contributed by atoms with Crippen molar-refractivity contribution in [3.8, 4) is 0 Å². The average Bonchev–Trinajstić information content (AvgIpc) is 2.78. The molecule has 102 valence electrons. The zero-order valence-corrected chi connectivity index (χ0v) is 12.6. The first-order valence-corrected chi connectivity index (χ1v) is 7.88. The van der Waals surface area contributed by atoms with E-state index in [1.807, 2.05) is 18.2 Å². The topological polar surface area (TPSA) is 28.2 Å². The largest absolute Gasteiger partial charge is 0.361 e. The number of piperidine rings is 1. The number of aromatic nitrogens is 1. The van der Waals surface area contributed by atoms with Crippen molar-refractivity contribution < 1.29 is 0 Å². The highest BCUT2D eigenvalue weighted by atomic mass is 35.5. The molecule has 3 rings (SSSR count). The number of hydrogen-bond donors (Lipinski definition) is 1. The summed E-state index contributed by atoms with van der Waals surface area (Å²) in [4.78, 5) is 7.00. The van der Waals surface area contributed by atoms with Crippen LogP contribution in [-0.2, 0) is 0 Å². The van der Waals surface area contributed by atoms with Crippen LogP contribution in [-0.4, -0.2) is 36.6 Å². The quantitative estimate of drug-likeness (QED) is 0.936. The van der Waals surface area contributed by atoms with Crippen LogP contribution in [0.2, 0.25) is 5.02 Å². The van der Waals surface area contributed by atoms with Crippen molar-refractivity contribution in [2.24, 2.45) is 5.92 Å². The molecule has 2 heterocycles. The van der Waals surface area contributed by atoms with E-state index in [1.165, 1.54) is 25.9 Å². The van der Waals surface area contributed by atoms with E-state index in [0.717, 1.165) is 32.8 Å². The van der Waals surface area contributed by atoms with Gasteiger partial charge in [0.1, 0.15) is 0 Å². The number of benzene rings is 1. The summed E-state index contributed by atoms with van der Waals surface area (Å²) in [5.74, 6) is 0.731. The number of nitrogens with zero attached hydrogens (tertiary/aromatic N) is 2. The Balaban J connectivity index is 1.65. The molecule has 0 amide bonds. The standard InChI is InChI=1S/C14H18ClN3S/c1-18-6-2-3-10(9-18)8-16-14-17-12-5-4-11(15)7-13(12)19-14/h4-5,7,10H,2-3,6,8-9H2,1H3,(H,16,17). The molecule has 5 heteroatoms. The van der Waals surface area contributed by atoms with E-state index in [2.05, 4.69) is 22.2 Å². The summed E-state index contributed by atoms with van der Waals surface area (Å²) in [5.41, 5.74) is 1.03. The van der Waals surface area contributed by atoms with Gasteiger partial charge in [0.05, 0.1) is 10.2 Å². The Morgan fingerprint density at radius 3 is 3.26 bits per heavy atom. The average molecular weight is 296 g/mol. The van der Waals surface area contributed by atoms with Crippen LogP contribution in [0, 0.1) is 5.92 Å². The van der Waals surface area contributed by atoms with Crippen LogP contribution in [0.5, 0.6) is 0 Å². The van der Waals surface area contributed by atoms with Crippen LogP contribution in [0.15, 0.2) is 18.2 Å². The van der Waals surface area contributed by atoms with Crippen LogP contribution in [0.25, 0.3) is 10.2 Å². The van der Waals surface area contributed by atoms with Crippen molar-refractivity contribution in [2.45, 2.75) is 12.8 Å². The van der Waals surface area contributed by atoms with Crippen molar-refractivity contribution in [3.63, 3.8) is 0 Å². The second-order valence-corrected chi connectivity index (χ2v) is 6.75. The maximum absolute atomic E-state index is 6.00. The smallest absolute Gasteiger partial charge is 0.183 e. The van der Waals surface area contributed by atoms with Gasteiger partial charge in [0.2, 0.25) is 0 Å². The molecular weight excluding hydrogens is 278 g/mol. The SMILES string of the molecule is CN1CCCC(CNc2nc3ccc(Cl)cc3s2)C1. The van der Waals surface area contributed by atoms with Gasteiger partial charge in [-0.2, -0.15) is 0 Å². The minimum Gasteiger partial charge on any atom is -0.361 e. The third-order valence-corrected chi connectivity index (χ3v) is 4.83. The minimum absolute atomic E-state index is 0.731. The molecule has 1 N–H and O–H groups in total. The Kier molecular flexibility index (Phi) is 3.91. The van der Waals surface area contributed by atoms with E-state index in [4.69, 9.17) is 11.6 Å². The zero-order valence-electron chi connectivity index (χ0n) is 11.0. The summed E-state index contributed by atoms with van der Waals surface area (Å²) < 4.78 is 1.15. The molecule has 1 aliphatic rings. The number of halogens is 1. The first-order valence-electron chi connectivity index (χ1n) is 6.69. The summed E-state index contributed by atoms with van der Waals surface area (Å²) in [5, 5.41) is 5.26. The molecule has 0 spiro atoms. The molecule has 0 saturated carbocycles. The normalized spacial score (nSPS) is 20.8. The minimum atomic E-state index is 0.731. The number of likely N-dealkylation sites (tertiary alicyclic amines) is 1. The lowest BCUT2D eigenvalue weighted by atomic mass is 9.99. The predicted molar refractivity (Wildman–Crippen MR) is 83.3 cm³/mol. The van der Waals surface area contributed by atoms with Crippen molar-refractivity contribution in [1.82, 2.24) is 9.88 Å². The third kappa shape index (κ3) is 3.19. The lowest BCUT2D eigenvalue weighted by Gasteiger charge is -2.29. The number of anilines is 1. The third-order valence-electron chi connectivity index (χ3n) is 3.61. The van der Waals surface area contributed by atoms with E-state index >= 15 is 0 Å². The molecular formula is C14H18ClN3S. The Hall–Kier alpha value is -0.840. The maximum Gasteiger partial charge on any atom is 0.183 e. The number of thiazole rings is 1. The predicted octanol–water partition coefficient (Wildman–Crippen LogP) is 3.70. The molecule has 0 radical (unpaired) electrons. The van der Waals surface area contributed by atoms with Crippen molar-refractivity contribution >= 4 is 38.3 Å². The Labute approximate surface area is 122 Å². The summed E-state index contributed by atoms with van der Waals surface area (Å²) in [6, 6.07) is 5.85. The molecule has 1 aromatic carbocycles. The van der Waals surface area contributed by atoms with E-state index in [9.17, 15) is 0 Å². The number of fused-ring (bicyclic) bond motifs is 1. The molecule has 1 fully saturated rings. The highest BCUT2D eigenvalue weighted by molar-refractivity contribution is 7.22. The second-order valence-electron chi connectivity index (χ2n) is 5.28. The molecule has 1 aromatic heterocycles. The van der Waals surface area contributed by atoms with E-state index in [-0.39, 0.29) is 0 Å². The second kappa shape index (κ2) is 5.65. The van der Waals surface area contributed by atoms with Gasteiger partial charge in [0.25, 0.3) is 0 Å². The molecule has 2 aromatic rings. The number of nitrogens with one attached hydrogen (secondary N) is 1. The summed E-state index contributed by atoms with van der Waals surface area (Å²) in [7, 11) is 2.20. The van der Waals surface area contributed by atoms with Gasteiger partial charge in [-0.25, -0.2) is 4.98 Å². The van der Waals surface area contributed by atoms with Crippen LogP contribution >= 0.6 is 22.9 Å². The number of rotatable bonds is 3. The van der Waals surface area contributed by atoms with Gasteiger partial charge in [-0.3, -0.25) is 0 Å². The van der Waals surface area contributed by atoms with Crippen LogP contribution in [0.4, 0.5) is 5.13 Å². The molecule has 1 atom stereocenters. The van der Waals surface area contributed by atoms with Crippen molar-refractivity contribution in [2.75, 3.05) is 32.0 Å². The van der Waals surface area contributed by atoms with Gasteiger partial charge in [-0.1, -0.05) is 22.9 Å². The molecule has 1 unspecified atom stereocenters. The Morgan fingerprint density at radius 2 is 2.42 bits per heavy atom. The first-order chi connectivity index (χ1) is 9.20. The Morgan fingerprint density at radius 1 is 1.53 bits per heavy atom. The fraction of sp³-hybridized carbons (Fsp3) is 0.500. The van der Waals surface area contributed by atoms with Gasteiger partial charge in [-0.05, 0) is 50.6 Å². The number of hydrogen-bond acceptors (Lipinski definition) is 4. The fourth-order valence-corrected chi connectivity index (χ4v) is 3.79. The van der Waals surface area contributed by atoms with Crippen LogP contribution in [0.3, 0.4) is 0 Å². The van der Waals surface area contributed by atoms with E-state index in [0.29, 0.717) is 0 Å². The van der Waals surface area contributed by atoms with Crippen molar-refractivity contribution in [3.05, 3.63) is 23.2 Å². The van der Waals surface area contributed by atoms with Gasteiger partial charge < -0.3 is 10.2 Å². The van der Waals surface area contributed by atoms with E-state index < -0.39 is 0 Å². The summed E-state index contributed by atoms with van der Waals surface area (Å²) >= 11 is 7.68. The lowest BCUT2D eigenvalue weighted by Crippen LogP contribution is -2.35. The van der Waals surface area contributed by atoms with E-state index in [1.54, 1.807) is 11.3 Å². The molecule has 3 nitrogen and oxygen atoms in total. The van der Waals surface area contributed by atoms with Gasteiger partial charge in [-0.15, -0.1) is 0 Å².